The van der Waals surface area contributed by atoms with Crippen LogP contribution in [0.25, 0.3) is 0 Å². The number of anilines is 1. The maximum absolute atomic E-state index is 12.6. The van der Waals surface area contributed by atoms with E-state index < -0.39 is 20.0 Å². The van der Waals surface area contributed by atoms with Gasteiger partial charge in [-0.3, -0.25) is 4.72 Å². The third-order valence-electron chi connectivity index (χ3n) is 3.86. The highest BCUT2D eigenvalue weighted by Crippen LogP contribution is 2.28. The molecule has 2 aromatic carbocycles. The van der Waals surface area contributed by atoms with E-state index in [1.54, 1.807) is 13.8 Å². The highest BCUT2D eigenvalue weighted by molar-refractivity contribution is 9.10. The molecular formula is C17H21BrN2O5S2. The van der Waals surface area contributed by atoms with E-state index >= 15 is 0 Å². The highest BCUT2D eigenvalue weighted by atomic mass is 79.9. The second kappa shape index (κ2) is 8.59. The smallest absolute Gasteiger partial charge is 0.261 e. The molecule has 0 amide bonds. The van der Waals surface area contributed by atoms with Crippen LogP contribution in [-0.2, 0) is 20.0 Å². The number of rotatable bonds is 8. The van der Waals surface area contributed by atoms with Crippen molar-refractivity contribution in [1.29, 1.82) is 0 Å². The van der Waals surface area contributed by atoms with Crippen LogP contribution in [0.4, 0.5) is 5.69 Å². The van der Waals surface area contributed by atoms with Crippen molar-refractivity contribution in [3.8, 4) is 5.75 Å². The molecule has 0 fully saturated rings. The molecule has 0 atom stereocenters. The topological polar surface area (TPSA) is 92.8 Å². The molecule has 7 nitrogen and oxygen atoms in total. The van der Waals surface area contributed by atoms with E-state index in [0.717, 1.165) is 0 Å². The van der Waals surface area contributed by atoms with Crippen molar-refractivity contribution in [2.75, 3.05) is 24.9 Å². The van der Waals surface area contributed by atoms with Gasteiger partial charge in [0.1, 0.15) is 5.75 Å². The monoisotopic (exact) mass is 476 g/mol. The first-order chi connectivity index (χ1) is 12.7. The van der Waals surface area contributed by atoms with Crippen LogP contribution < -0.4 is 9.46 Å². The minimum atomic E-state index is -3.90. The van der Waals surface area contributed by atoms with Crippen molar-refractivity contribution in [1.82, 2.24) is 4.31 Å². The van der Waals surface area contributed by atoms with Crippen LogP contribution in [0.3, 0.4) is 0 Å². The number of nitrogens with zero attached hydrogens (tertiary/aromatic N) is 1. The Bertz CT molecular complexity index is 1020. The fraction of sp³-hybridized carbons (Fsp3) is 0.294. The van der Waals surface area contributed by atoms with Gasteiger partial charge in [-0.05, 0) is 52.3 Å². The van der Waals surface area contributed by atoms with Crippen molar-refractivity contribution in [2.24, 2.45) is 0 Å². The summed E-state index contributed by atoms with van der Waals surface area (Å²) < 4.78 is 59.8. The third-order valence-corrected chi connectivity index (χ3v) is 7.91. The first-order valence-corrected chi connectivity index (χ1v) is 11.8. The van der Waals surface area contributed by atoms with Gasteiger partial charge in [-0.15, -0.1) is 0 Å². The number of methoxy groups -OCH3 is 1. The second-order valence-electron chi connectivity index (χ2n) is 5.52. The number of hydrogen-bond donors (Lipinski definition) is 1. The molecule has 27 heavy (non-hydrogen) atoms. The van der Waals surface area contributed by atoms with Gasteiger partial charge in [-0.2, -0.15) is 4.31 Å². The Balaban J connectivity index is 2.36. The van der Waals surface area contributed by atoms with Crippen molar-refractivity contribution in [2.45, 2.75) is 23.6 Å². The summed E-state index contributed by atoms with van der Waals surface area (Å²) in [6, 6.07) is 10.1. The summed E-state index contributed by atoms with van der Waals surface area (Å²) in [7, 11) is -6.10. The molecule has 0 aliphatic rings. The average Bonchev–Trinajstić information content (AvgIpc) is 2.62. The lowest BCUT2D eigenvalue weighted by Crippen LogP contribution is -2.30. The zero-order chi connectivity index (χ0) is 20.2. The Morgan fingerprint density at radius 3 is 2.22 bits per heavy atom. The summed E-state index contributed by atoms with van der Waals surface area (Å²) >= 11 is 3.25. The van der Waals surface area contributed by atoms with Crippen LogP contribution in [0.1, 0.15) is 13.8 Å². The summed E-state index contributed by atoms with van der Waals surface area (Å²) in [5, 5.41) is 0. The van der Waals surface area contributed by atoms with Gasteiger partial charge in [0.15, 0.2) is 0 Å². The van der Waals surface area contributed by atoms with E-state index in [-0.39, 0.29) is 15.5 Å². The van der Waals surface area contributed by atoms with Gasteiger partial charge in [0.25, 0.3) is 10.0 Å². The lowest BCUT2D eigenvalue weighted by atomic mass is 10.3. The average molecular weight is 477 g/mol. The van der Waals surface area contributed by atoms with Gasteiger partial charge in [0.2, 0.25) is 10.0 Å². The molecule has 0 bridgehead atoms. The predicted octanol–water partition coefficient (Wildman–Crippen LogP) is 3.29. The first kappa shape index (κ1) is 21.7. The summed E-state index contributed by atoms with van der Waals surface area (Å²) in [5.74, 6) is 0.501. The van der Waals surface area contributed by atoms with E-state index in [4.69, 9.17) is 4.74 Å². The molecule has 148 valence electrons. The molecule has 10 heteroatoms. The van der Waals surface area contributed by atoms with Crippen LogP contribution in [0.5, 0.6) is 5.75 Å². The maximum atomic E-state index is 12.6. The largest absolute Gasteiger partial charge is 0.496 e. The van der Waals surface area contributed by atoms with Gasteiger partial charge in [0, 0.05) is 13.1 Å². The van der Waals surface area contributed by atoms with Crippen LogP contribution >= 0.6 is 15.9 Å². The van der Waals surface area contributed by atoms with E-state index in [9.17, 15) is 16.8 Å². The van der Waals surface area contributed by atoms with Gasteiger partial charge in [0.05, 0.1) is 27.1 Å². The molecule has 1 N–H and O–H groups in total. The Labute approximate surface area is 168 Å². The lowest BCUT2D eigenvalue weighted by Gasteiger charge is -2.19. The van der Waals surface area contributed by atoms with E-state index in [1.165, 1.54) is 53.9 Å². The van der Waals surface area contributed by atoms with Crippen molar-refractivity contribution >= 4 is 41.7 Å². The third kappa shape index (κ3) is 4.81. The molecule has 2 aromatic rings. The Hall–Kier alpha value is -1.62. The van der Waals surface area contributed by atoms with Crippen molar-refractivity contribution in [3.05, 3.63) is 46.9 Å². The maximum Gasteiger partial charge on any atom is 0.261 e. The predicted molar refractivity (Wildman–Crippen MR) is 108 cm³/mol. The molecule has 0 unspecified atom stereocenters. The van der Waals surface area contributed by atoms with Crippen LogP contribution in [0, 0.1) is 0 Å². The van der Waals surface area contributed by atoms with E-state index in [1.807, 2.05) is 0 Å². The molecule has 0 aromatic heterocycles. The zero-order valence-corrected chi connectivity index (χ0v) is 18.4. The Morgan fingerprint density at radius 2 is 1.67 bits per heavy atom. The molecule has 0 radical (unpaired) electrons. The molecular weight excluding hydrogens is 456 g/mol. The highest BCUT2D eigenvalue weighted by Gasteiger charge is 2.23. The van der Waals surface area contributed by atoms with Crippen LogP contribution in [0.2, 0.25) is 0 Å². The molecule has 0 saturated carbocycles. The van der Waals surface area contributed by atoms with Gasteiger partial charge in [-0.25, -0.2) is 16.8 Å². The number of nitrogens with one attached hydrogen (secondary N) is 1. The Morgan fingerprint density at radius 1 is 1.00 bits per heavy atom. The quantitative estimate of drug-likeness (QED) is 0.630. The van der Waals surface area contributed by atoms with Gasteiger partial charge < -0.3 is 4.74 Å². The number of sulfonamides is 2. The molecule has 0 saturated heterocycles. The molecule has 0 spiro atoms. The van der Waals surface area contributed by atoms with Gasteiger partial charge >= 0.3 is 0 Å². The molecule has 0 aliphatic carbocycles. The first-order valence-electron chi connectivity index (χ1n) is 8.12. The number of ether oxygens (including phenoxy) is 1. The fourth-order valence-electron chi connectivity index (χ4n) is 2.46. The number of hydrogen-bond acceptors (Lipinski definition) is 5. The van der Waals surface area contributed by atoms with E-state index in [0.29, 0.717) is 23.3 Å². The number of benzene rings is 2. The number of halogens is 1. The SMILES string of the molecule is CCN(CC)S(=O)(=O)c1cccc(NS(=O)(=O)c2ccc(OC)c(Br)c2)c1. The summed E-state index contributed by atoms with van der Waals surface area (Å²) in [6.45, 7) is 4.15. The van der Waals surface area contributed by atoms with Crippen molar-refractivity contribution < 1.29 is 21.6 Å². The fourth-order valence-corrected chi connectivity index (χ4v) is 5.73. The standard InChI is InChI=1S/C17H21BrN2O5S2/c1-4-20(5-2)27(23,24)15-8-6-7-13(11-15)19-26(21,22)14-9-10-17(25-3)16(18)12-14/h6-12,19H,4-5H2,1-3H3. The summed E-state index contributed by atoms with van der Waals surface area (Å²) in [6.07, 6.45) is 0. The second-order valence-corrected chi connectivity index (χ2v) is 9.99. The molecule has 0 heterocycles. The molecule has 0 aliphatic heterocycles. The van der Waals surface area contributed by atoms with Gasteiger partial charge in [-0.1, -0.05) is 19.9 Å². The lowest BCUT2D eigenvalue weighted by molar-refractivity contribution is 0.411. The summed E-state index contributed by atoms with van der Waals surface area (Å²) in [5.41, 5.74) is 0.162. The Kier molecular flexibility index (Phi) is 6.90. The molecule has 2 rings (SSSR count). The minimum absolute atomic E-state index is 0.0205. The van der Waals surface area contributed by atoms with E-state index in [2.05, 4.69) is 20.7 Å². The van der Waals surface area contributed by atoms with Crippen molar-refractivity contribution in [3.63, 3.8) is 0 Å². The minimum Gasteiger partial charge on any atom is -0.496 e. The normalized spacial score (nSPS) is 12.2. The summed E-state index contributed by atoms with van der Waals surface area (Å²) in [4.78, 5) is 0.0505. The van der Waals surface area contributed by atoms with Crippen LogP contribution in [-0.4, -0.2) is 41.3 Å². The van der Waals surface area contributed by atoms with Crippen LogP contribution in [0.15, 0.2) is 56.7 Å². The zero-order valence-electron chi connectivity index (χ0n) is 15.1.